The van der Waals surface area contributed by atoms with Crippen LogP contribution in [0.25, 0.3) is 16.7 Å². The molecule has 7 nitrogen and oxygen atoms in total. The van der Waals surface area contributed by atoms with E-state index in [-0.39, 0.29) is 58.0 Å². The molecule has 2 aromatic heterocycles. The molecule has 3 fully saturated rings. The first-order valence-electron chi connectivity index (χ1n) is 13.6. The lowest BCUT2D eigenvalue weighted by atomic mass is 9.60. The van der Waals surface area contributed by atoms with E-state index in [9.17, 15) is 22.4 Å². The Balaban J connectivity index is 1.47. The predicted octanol–water partition coefficient (Wildman–Crippen LogP) is 5.38. The van der Waals surface area contributed by atoms with Crippen LogP contribution in [-0.4, -0.2) is 36.0 Å². The van der Waals surface area contributed by atoms with Crippen LogP contribution in [0.4, 0.5) is 14.6 Å². The summed E-state index contributed by atoms with van der Waals surface area (Å²) in [7, 11) is -3.56. The molecule has 39 heavy (non-hydrogen) atoms. The molecule has 1 aliphatic heterocycles. The number of hydrogen-bond donors (Lipinski definition) is 0. The predicted molar refractivity (Wildman–Crippen MR) is 145 cm³/mol. The van der Waals surface area contributed by atoms with Gasteiger partial charge in [0.1, 0.15) is 17.5 Å². The molecule has 1 saturated heterocycles. The summed E-state index contributed by atoms with van der Waals surface area (Å²) in [6.45, 7) is 2.37. The van der Waals surface area contributed by atoms with Gasteiger partial charge in [-0.15, -0.1) is 0 Å². The average molecular weight is 556 g/mol. The van der Waals surface area contributed by atoms with Crippen LogP contribution in [0.2, 0.25) is 0 Å². The SMILES string of the molecule is CC1(CC(=O)c2cn(-c3ccc(F)cc3F)c3nc(N4CCCS4(=O)=O)ccc3c2=O)CC2CCCC(C2)C1. The largest absolute Gasteiger partial charge is 0.297 e. The highest BCUT2D eigenvalue weighted by atomic mass is 32.2. The van der Waals surface area contributed by atoms with Gasteiger partial charge >= 0.3 is 0 Å². The molecule has 0 N–H and O–H groups in total. The number of aromatic nitrogens is 2. The molecular weight excluding hydrogens is 524 g/mol. The van der Waals surface area contributed by atoms with Crippen molar-refractivity contribution in [3.8, 4) is 5.69 Å². The number of pyridine rings is 2. The third-order valence-electron chi connectivity index (χ3n) is 8.70. The maximum absolute atomic E-state index is 15.0. The van der Waals surface area contributed by atoms with Crippen LogP contribution in [-0.2, 0) is 10.0 Å². The van der Waals surface area contributed by atoms with Crippen molar-refractivity contribution in [3.05, 3.63) is 63.9 Å². The molecule has 206 valence electrons. The van der Waals surface area contributed by atoms with Crippen LogP contribution in [0.5, 0.6) is 0 Å². The summed E-state index contributed by atoms with van der Waals surface area (Å²) < 4.78 is 56.3. The Morgan fingerprint density at radius 2 is 1.85 bits per heavy atom. The number of sulfonamides is 1. The van der Waals surface area contributed by atoms with Gasteiger partial charge in [0.2, 0.25) is 15.5 Å². The molecule has 1 aromatic carbocycles. The maximum atomic E-state index is 15.0. The van der Waals surface area contributed by atoms with Crippen LogP contribution >= 0.6 is 0 Å². The second-order valence-corrected chi connectivity index (χ2v) is 13.9. The second kappa shape index (κ2) is 9.50. The number of benzene rings is 1. The number of Topliss-reactive ketones (excluding diaryl/α,β-unsaturated/α-hetero) is 1. The Bertz CT molecular complexity index is 1640. The summed E-state index contributed by atoms with van der Waals surface area (Å²) >= 11 is 0. The summed E-state index contributed by atoms with van der Waals surface area (Å²) in [5.74, 6) is -0.692. The van der Waals surface area contributed by atoms with Crippen molar-refractivity contribution in [1.29, 1.82) is 0 Å². The van der Waals surface area contributed by atoms with Crippen LogP contribution < -0.4 is 9.73 Å². The summed E-state index contributed by atoms with van der Waals surface area (Å²) in [5.41, 5.74) is -0.920. The fraction of sp³-hybridized carbons (Fsp3) is 0.483. The lowest BCUT2D eigenvalue weighted by Gasteiger charge is -2.45. The first-order valence-corrected chi connectivity index (χ1v) is 15.2. The van der Waals surface area contributed by atoms with Crippen LogP contribution in [0.3, 0.4) is 0 Å². The third kappa shape index (κ3) is 4.77. The Kier molecular flexibility index (Phi) is 6.36. The molecule has 2 atom stereocenters. The summed E-state index contributed by atoms with van der Waals surface area (Å²) in [6, 6.07) is 5.90. The molecule has 2 aliphatic carbocycles. The summed E-state index contributed by atoms with van der Waals surface area (Å²) in [6.07, 6.45) is 8.60. The van der Waals surface area contributed by atoms with Crippen molar-refractivity contribution in [2.75, 3.05) is 16.6 Å². The molecule has 2 bridgehead atoms. The maximum Gasteiger partial charge on any atom is 0.236 e. The highest BCUT2D eigenvalue weighted by molar-refractivity contribution is 7.93. The molecule has 0 amide bonds. The summed E-state index contributed by atoms with van der Waals surface area (Å²) in [5, 5.41) is 0.0654. The van der Waals surface area contributed by atoms with Gasteiger partial charge in [-0.05, 0) is 67.2 Å². The first-order chi connectivity index (χ1) is 18.5. The number of nitrogens with zero attached hydrogens (tertiary/aromatic N) is 3. The number of anilines is 1. The normalized spacial score (nSPS) is 26.2. The van der Waals surface area contributed by atoms with E-state index in [1.165, 1.54) is 59.0 Å². The summed E-state index contributed by atoms with van der Waals surface area (Å²) in [4.78, 5) is 31.8. The van der Waals surface area contributed by atoms with Gasteiger partial charge in [-0.2, -0.15) is 0 Å². The van der Waals surface area contributed by atoms with Gasteiger partial charge in [0, 0.05) is 25.2 Å². The molecule has 0 spiro atoms. The second-order valence-electron chi connectivity index (χ2n) is 11.8. The zero-order valence-corrected chi connectivity index (χ0v) is 22.6. The van der Waals surface area contributed by atoms with Gasteiger partial charge < -0.3 is 0 Å². The number of halogens is 2. The van der Waals surface area contributed by atoms with Gasteiger partial charge in [0.05, 0.1) is 22.4 Å². The quantitative estimate of drug-likeness (QED) is 0.394. The van der Waals surface area contributed by atoms with E-state index in [1.807, 2.05) is 0 Å². The van der Waals surface area contributed by atoms with Crippen molar-refractivity contribution in [2.45, 2.75) is 58.3 Å². The van der Waals surface area contributed by atoms with E-state index in [0.717, 1.165) is 25.0 Å². The van der Waals surface area contributed by atoms with Crippen molar-refractivity contribution in [2.24, 2.45) is 17.3 Å². The van der Waals surface area contributed by atoms with Crippen molar-refractivity contribution in [1.82, 2.24) is 9.55 Å². The molecule has 3 aliphatic rings. The molecule has 3 heterocycles. The van der Waals surface area contributed by atoms with E-state index in [0.29, 0.717) is 18.3 Å². The number of fused-ring (bicyclic) bond motifs is 3. The molecule has 10 heteroatoms. The smallest absolute Gasteiger partial charge is 0.236 e. The minimum absolute atomic E-state index is 0.0000633. The lowest BCUT2D eigenvalue weighted by Crippen LogP contribution is -2.36. The molecule has 6 rings (SSSR count). The zero-order valence-electron chi connectivity index (χ0n) is 21.8. The minimum atomic E-state index is -3.56. The molecular formula is C29H31F2N3O4S. The molecule has 0 radical (unpaired) electrons. The van der Waals surface area contributed by atoms with Gasteiger partial charge in [0.25, 0.3) is 0 Å². The first kappa shape index (κ1) is 26.1. The topological polar surface area (TPSA) is 89.3 Å². The monoisotopic (exact) mass is 555 g/mol. The highest BCUT2D eigenvalue weighted by Gasteiger charge is 2.40. The Labute approximate surface area is 225 Å². The van der Waals surface area contributed by atoms with Gasteiger partial charge in [-0.1, -0.05) is 26.2 Å². The van der Waals surface area contributed by atoms with E-state index in [2.05, 4.69) is 11.9 Å². The standard InChI is InChI=1S/C29H31F2N3O4S/c1-29(14-18-4-2-5-19(12-18)15-29)16-25(35)22-17-33(24-8-6-20(30)13-23(24)31)28-21(27(22)36)7-9-26(32-28)34-10-3-11-39(34,37)38/h6-9,13,17-19H,2-5,10-12,14-16H2,1H3. The van der Waals surface area contributed by atoms with Crippen LogP contribution in [0.15, 0.2) is 41.3 Å². The average Bonchev–Trinajstić information content (AvgIpc) is 3.22. The van der Waals surface area contributed by atoms with Crippen LogP contribution in [0.1, 0.15) is 68.6 Å². The van der Waals surface area contributed by atoms with Crippen molar-refractivity contribution in [3.63, 3.8) is 0 Å². The Morgan fingerprint density at radius 1 is 1.10 bits per heavy atom. The highest BCUT2D eigenvalue weighted by Crippen LogP contribution is 2.50. The van der Waals surface area contributed by atoms with E-state index in [4.69, 9.17) is 0 Å². The minimum Gasteiger partial charge on any atom is -0.297 e. The Hall–Kier alpha value is -3.14. The fourth-order valence-electron chi connectivity index (χ4n) is 7.17. The van der Waals surface area contributed by atoms with Gasteiger partial charge in [0.15, 0.2) is 11.4 Å². The molecule has 3 aromatic rings. The number of hydrogen-bond acceptors (Lipinski definition) is 5. The fourth-order valence-corrected chi connectivity index (χ4v) is 8.67. The van der Waals surface area contributed by atoms with E-state index in [1.54, 1.807) is 0 Å². The number of rotatable bonds is 5. The number of carbonyl (C=O) groups excluding carboxylic acids is 1. The van der Waals surface area contributed by atoms with Crippen LogP contribution in [0, 0.1) is 28.9 Å². The van der Waals surface area contributed by atoms with Gasteiger partial charge in [-0.25, -0.2) is 22.2 Å². The molecule has 2 saturated carbocycles. The third-order valence-corrected chi connectivity index (χ3v) is 10.5. The number of carbonyl (C=O) groups is 1. The number of ketones is 1. The van der Waals surface area contributed by atoms with Crippen molar-refractivity contribution >= 4 is 32.7 Å². The Morgan fingerprint density at radius 3 is 2.51 bits per heavy atom. The lowest BCUT2D eigenvalue weighted by molar-refractivity contribution is 0.0546. The zero-order chi connectivity index (χ0) is 27.5. The van der Waals surface area contributed by atoms with Crippen molar-refractivity contribution < 1.29 is 22.0 Å². The van der Waals surface area contributed by atoms with E-state index < -0.39 is 27.1 Å². The molecule has 2 unspecified atom stereocenters. The van der Waals surface area contributed by atoms with E-state index >= 15 is 4.39 Å². The van der Waals surface area contributed by atoms with Gasteiger partial charge in [-0.3, -0.25) is 18.5 Å².